The van der Waals surface area contributed by atoms with Crippen LogP contribution in [0.2, 0.25) is 0 Å². The van der Waals surface area contributed by atoms with Gasteiger partial charge in [0.2, 0.25) is 5.91 Å². The number of halogens is 1. The fourth-order valence-electron chi connectivity index (χ4n) is 3.61. The monoisotopic (exact) mass is 448 g/mol. The van der Waals surface area contributed by atoms with Gasteiger partial charge in [-0.2, -0.15) is 5.26 Å². The number of amides is 2. The Hall–Kier alpha value is -4.53. The minimum absolute atomic E-state index is 0.125. The number of aromatic nitrogens is 5. The van der Waals surface area contributed by atoms with Crippen molar-refractivity contribution in [3.63, 3.8) is 0 Å². The maximum Gasteiger partial charge on any atom is 0.413 e. The number of nitriles is 1. The molecule has 0 aliphatic carbocycles. The number of nitrogens with zero attached hydrogens (tertiary/aromatic N) is 6. The molecule has 0 radical (unpaired) electrons. The van der Waals surface area contributed by atoms with Crippen LogP contribution in [0.4, 0.5) is 9.18 Å². The normalized spacial score (nSPS) is 14.6. The molecule has 0 bridgehead atoms. The van der Waals surface area contributed by atoms with Gasteiger partial charge >= 0.3 is 6.09 Å². The summed E-state index contributed by atoms with van der Waals surface area (Å²) in [6.45, 7) is 2.25. The quantitative estimate of drug-likeness (QED) is 0.485. The molecule has 1 aliphatic rings. The number of aromatic amines is 1. The van der Waals surface area contributed by atoms with Crippen LogP contribution in [0, 0.1) is 23.1 Å². The fraction of sp³-hybridized carbons (Fsp3) is 0.238. The van der Waals surface area contributed by atoms with Gasteiger partial charge in [-0.05, 0) is 19.1 Å². The predicted octanol–water partition coefficient (Wildman–Crippen LogP) is 1.87. The Kier molecular flexibility index (Phi) is 4.86. The molecule has 11 nitrogen and oxygen atoms in total. The Labute approximate surface area is 185 Å². The second-order valence-corrected chi connectivity index (χ2v) is 7.66. The van der Waals surface area contributed by atoms with Crippen molar-refractivity contribution in [3.8, 4) is 23.2 Å². The molecular formula is C21H17FN8O3. The van der Waals surface area contributed by atoms with E-state index in [9.17, 15) is 14.0 Å². The lowest BCUT2D eigenvalue weighted by Gasteiger charge is -2.36. The number of imidazole rings is 1. The third kappa shape index (κ3) is 3.69. The van der Waals surface area contributed by atoms with Gasteiger partial charge in [0.05, 0.1) is 23.7 Å². The highest BCUT2D eigenvalue weighted by Crippen LogP contribution is 2.27. The summed E-state index contributed by atoms with van der Waals surface area (Å²) in [4.78, 5) is 42.2. The number of carbonyl (C=O) groups is 2. The Morgan fingerprint density at radius 3 is 2.97 bits per heavy atom. The number of pyridine rings is 1. The van der Waals surface area contributed by atoms with Crippen LogP contribution in [0.25, 0.3) is 28.1 Å². The first-order valence-corrected chi connectivity index (χ1v) is 10.1. The van der Waals surface area contributed by atoms with Crippen molar-refractivity contribution in [2.24, 2.45) is 5.92 Å². The minimum atomic E-state index is -0.829. The minimum Gasteiger partial charge on any atom is -0.406 e. The third-order valence-corrected chi connectivity index (χ3v) is 5.37. The SMILES string of the molecule is C[C@@H](NC(=O)Oc1c[nH]c2ncc(-c3ncn4cc(F)ccc34)nc12)C(=O)N1CC(C#N)C1. The summed E-state index contributed by atoms with van der Waals surface area (Å²) in [5.41, 5.74) is 2.23. The van der Waals surface area contributed by atoms with Crippen LogP contribution in [-0.4, -0.2) is 60.4 Å². The number of likely N-dealkylation sites (tertiary alicyclic amines) is 1. The molecule has 1 fully saturated rings. The maximum absolute atomic E-state index is 13.5. The summed E-state index contributed by atoms with van der Waals surface area (Å²) in [5, 5.41) is 11.3. The number of ether oxygens (including phenoxy) is 1. The van der Waals surface area contributed by atoms with Crippen LogP contribution in [0.3, 0.4) is 0 Å². The topological polar surface area (TPSA) is 141 Å². The highest BCUT2D eigenvalue weighted by Gasteiger charge is 2.33. The van der Waals surface area contributed by atoms with Crippen LogP contribution in [-0.2, 0) is 4.79 Å². The van der Waals surface area contributed by atoms with E-state index in [0.717, 1.165) is 0 Å². The van der Waals surface area contributed by atoms with E-state index in [1.807, 2.05) is 0 Å². The number of carbonyl (C=O) groups excluding carboxylic acids is 2. The van der Waals surface area contributed by atoms with Crippen molar-refractivity contribution in [1.82, 2.24) is 34.6 Å². The lowest BCUT2D eigenvalue weighted by molar-refractivity contribution is -0.137. The molecule has 0 saturated carbocycles. The van der Waals surface area contributed by atoms with Crippen molar-refractivity contribution in [2.45, 2.75) is 13.0 Å². The first-order valence-electron chi connectivity index (χ1n) is 10.1. The van der Waals surface area contributed by atoms with E-state index in [2.05, 4.69) is 31.3 Å². The van der Waals surface area contributed by atoms with Gasteiger partial charge in [-0.15, -0.1) is 0 Å². The van der Waals surface area contributed by atoms with E-state index in [1.54, 1.807) is 13.0 Å². The van der Waals surface area contributed by atoms with Gasteiger partial charge in [0.1, 0.15) is 29.6 Å². The highest BCUT2D eigenvalue weighted by molar-refractivity contribution is 5.88. The molecule has 1 saturated heterocycles. The summed E-state index contributed by atoms with van der Waals surface area (Å²) in [6.07, 6.45) is 4.89. The zero-order valence-corrected chi connectivity index (χ0v) is 17.3. The zero-order valence-electron chi connectivity index (χ0n) is 17.3. The molecule has 1 atom stereocenters. The largest absolute Gasteiger partial charge is 0.413 e. The summed E-state index contributed by atoms with van der Waals surface area (Å²) in [5.74, 6) is -0.729. The van der Waals surface area contributed by atoms with Gasteiger partial charge in [-0.3, -0.25) is 4.79 Å². The summed E-state index contributed by atoms with van der Waals surface area (Å²) >= 11 is 0. The lowest BCUT2D eigenvalue weighted by Crippen LogP contribution is -2.56. The van der Waals surface area contributed by atoms with E-state index < -0.39 is 18.0 Å². The van der Waals surface area contributed by atoms with Crippen LogP contribution in [0.15, 0.2) is 37.1 Å². The van der Waals surface area contributed by atoms with Crippen LogP contribution < -0.4 is 10.1 Å². The number of hydrogen-bond acceptors (Lipinski definition) is 7. The van der Waals surface area contributed by atoms with E-state index in [-0.39, 0.29) is 17.6 Å². The number of H-pyrrole nitrogens is 1. The predicted molar refractivity (Wildman–Crippen MR) is 112 cm³/mol. The molecule has 2 N–H and O–H groups in total. The standard InChI is InChI=1S/C21H17FN8O3/c1-11(20(31)29-7-12(4-23)8-29)27-21(32)33-16-6-25-19-18(16)28-14(5-24-19)17-15-3-2-13(22)9-30(15)10-26-17/h2-3,5-6,9-12H,7-8H2,1H3,(H,24,25)(H,27,32)/t11-/m1/s1. The van der Waals surface area contributed by atoms with Gasteiger partial charge in [0, 0.05) is 25.5 Å². The van der Waals surface area contributed by atoms with Gasteiger partial charge in [0.15, 0.2) is 16.9 Å². The molecule has 0 spiro atoms. The van der Waals surface area contributed by atoms with E-state index in [4.69, 9.17) is 10.00 Å². The van der Waals surface area contributed by atoms with Crippen molar-refractivity contribution >= 4 is 28.7 Å². The molecule has 4 aromatic rings. The zero-order chi connectivity index (χ0) is 23.1. The Morgan fingerprint density at radius 2 is 2.18 bits per heavy atom. The average Bonchev–Trinajstić information content (AvgIpc) is 3.36. The van der Waals surface area contributed by atoms with Crippen LogP contribution in [0.1, 0.15) is 6.92 Å². The molecule has 2 amide bonds. The second kappa shape index (κ2) is 7.86. The number of nitrogens with one attached hydrogen (secondary N) is 2. The lowest BCUT2D eigenvalue weighted by atomic mass is 10.0. The molecular weight excluding hydrogens is 431 g/mol. The summed E-state index contributed by atoms with van der Waals surface area (Å²) in [7, 11) is 0. The van der Waals surface area contributed by atoms with Gasteiger partial charge < -0.3 is 24.3 Å². The molecule has 4 aromatic heterocycles. The Balaban J connectivity index is 1.33. The van der Waals surface area contributed by atoms with Crippen molar-refractivity contribution in [2.75, 3.05) is 13.1 Å². The number of rotatable bonds is 4. The van der Waals surface area contributed by atoms with Gasteiger partial charge in [-0.1, -0.05) is 0 Å². The van der Waals surface area contributed by atoms with Crippen molar-refractivity contribution < 1.29 is 18.7 Å². The molecule has 12 heteroatoms. The second-order valence-electron chi connectivity index (χ2n) is 7.66. The van der Waals surface area contributed by atoms with Crippen LogP contribution >= 0.6 is 0 Å². The van der Waals surface area contributed by atoms with Gasteiger partial charge in [-0.25, -0.2) is 24.1 Å². The van der Waals surface area contributed by atoms with E-state index >= 15 is 0 Å². The molecule has 0 aromatic carbocycles. The fourth-order valence-corrected chi connectivity index (χ4v) is 3.61. The average molecular weight is 448 g/mol. The first-order chi connectivity index (χ1) is 15.9. The van der Waals surface area contributed by atoms with E-state index in [1.165, 1.54) is 40.3 Å². The summed E-state index contributed by atoms with van der Waals surface area (Å²) < 4.78 is 20.4. The van der Waals surface area contributed by atoms with Gasteiger partial charge in [0.25, 0.3) is 0 Å². The number of hydrogen-bond donors (Lipinski definition) is 2. The molecule has 5 rings (SSSR count). The highest BCUT2D eigenvalue weighted by atomic mass is 19.1. The first kappa shape index (κ1) is 20.4. The Bertz CT molecular complexity index is 1430. The van der Waals surface area contributed by atoms with Crippen LogP contribution in [0.5, 0.6) is 5.75 Å². The molecule has 166 valence electrons. The Morgan fingerprint density at radius 1 is 1.36 bits per heavy atom. The molecule has 0 unspecified atom stereocenters. The molecule has 5 heterocycles. The number of fused-ring (bicyclic) bond motifs is 2. The smallest absolute Gasteiger partial charge is 0.406 e. The van der Waals surface area contributed by atoms with E-state index in [0.29, 0.717) is 41.2 Å². The van der Waals surface area contributed by atoms with Crippen molar-refractivity contribution in [1.29, 1.82) is 5.26 Å². The van der Waals surface area contributed by atoms with Crippen molar-refractivity contribution in [3.05, 3.63) is 42.9 Å². The molecule has 1 aliphatic heterocycles. The summed E-state index contributed by atoms with van der Waals surface area (Å²) in [6, 6.07) is 4.18. The maximum atomic E-state index is 13.5. The third-order valence-electron chi connectivity index (χ3n) is 5.37. The molecule has 33 heavy (non-hydrogen) atoms.